The van der Waals surface area contributed by atoms with Gasteiger partial charge in [0.25, 0.3) is 0 Å². The second-order valence-corrected chi connectivity index (χ2v) is 10.9. The topological polar surface area (TPSA) is 44.8 Å². The summed E-state index contributed by atoms with van der Waals surface area (Å²) in [7, 11) is 1.75. The van der Waals surface area contributed by atoms with Gasteiger partial charge in [-0.15, -0.1) is 0 Å². The zero-order valence-corrected chi connectivity index (χ0v) is 18.5. The molecule has 3 saturated carbocycles. The van der Waals surface area contributed by atoms with E-state index in [1.54, 1.807) is 7.11 Å². The molecular formula is C26H34O4. The van der Waals surface area contributed by atoms with Gasteiger partial charge in [0.15, 0.2) is 5.79 Å². The van der Waals surface area contributed by atoms with Crippen molar-refractivity contribution < 1.29 is 19.0 Å². The van der Waals surface area contributed by atoms with E-state index in [1.807, 2.05) is 0 Å². The van der Waals surface area contributed by atoms with Crippen LogP contribution >= 0.6 is 0 Å². The van der Waals surface area contributed by atoms with Crippen LogP contribution in [0.2, 0.25) is 0 Å². The minimum Gasteiger partial charge on any atom is -0.497 e. The van der Waals surface area contributed by atoms with E-state index in [-0.39, 0.29) is 22.2 Å². The van der Waals surface area contributed by atoms with E-state index < -0.39 is 5.79 Å². The first-order valence-corrected chi connectivity index (χ1v) is 11.8. The number of aryl methyl sites for hydroxylation is 1. The third-order valence-corrected chi connectivity index (χ3v) is 10.7. The van der Waals surface area contributed by atoms with Crippen LogP contribution in [0.1, 0.15) is 69.4 Å². The molecule has 2 bridgehead atoms. The molecule has 6 rings (SSSR count). The Balaban J connectivity index is 1.46. The highest BCUT2D eigenvalue weighted by Crippen LogP contribution is 2.84. The lowest BCUT2D eigenvalue weighted by molar-refractivity contribution is -0.266. The van der Waals surface area contributed by atoms with Gasteiger partial charge in [0.05, 0.1) is 20.3 Å². The molecule has 0 spiro atoms. The fraction of sp³-hybridized carbons (Fsp3) is 0.731. The molecular weight excluding hydrogens is 376 g/mol. The normalized spacial score (nSPS) is 45.5. The summed E-state index contributed by atoms with van der Waals surface area (Å²) in [4.78, 5) is 12.5. The molecule has 1 heterocycles. The maximum Gasteiger partial charge on any atom is 0.172 e. The highest BCUT2D eigenvalue weighted by Gasteiger charge is 2.81. The molecule has 0 amide bonds. The van der Waals surface area contributed by atoms with Gasteiger partial charge in [-0.25, -0.2) is 0 Å². The molecule has 5 aliphatic rings. The zero-order valence-electron chi connectivity index (χ0n) is 18.5. The van der Waals surface area contributed by atoms with Gasteiger partial charge in [0.2, 0.25) is 0 Å². The van der Waals surface area contributed by atoms with Crippen molar-refractivity contribution in [1.82, 2.24) is 0 Å². The first-order chi connectivity index (χ1) is 14.4. The molecule has 1 aliphatic heterocycles. The minimum absolute atomic E-state index is 0.0374. The maximum atomic E-state index is 12.5. The Morgan fingerprint density at radius 1 is 1.10 bits per heavy atom. The average Bonchev–Trinajstić information content (AvgIpc) is 3.40. The standard InChI is InChI=1S/C26H34O4/c1-23-9-8-21-20-6-5-19(28-3)14-17(20)4-7-22(21)25(23)10-11-26(23,18(15-25)16-27)24(2)29-12-13-30-24/h5-6,14,16,18,21-22H,4,7-13,15H2,1-3H3/t18-,21+,22+,23-,25?,26-/m0/s1. The van der Waals surface area contributed by atoms with Crippen molar-refractivity contribution in [3.8, 4) is 5.75 Å². The Hall–Kier alpha value is -1.39. The number of hydrogen-bond donors (Lipinski definition) is 0. The highest BCUT2D eigenvalue weighted by molar-refractivity contribution is 5.59. The van der Waals surface area contributed by atoms with Gasteiger partial charge < -0.3 is 19.0 Å². The van der Waals surface area contributed by atoms with Crippen LogP contribution in [0.3, 0.4) is 0 Å². The van der Waals surface area contributed by atoms with Gasteiger partial charge in [-0.05, 0) is 97.8 Å². The van der Waals surface area contributed by atoms with Crippen LogP contribution in [0, 0.1) is 28.1 Å². The zero-order chi connectivity index (χ0) is 20.8. The summed E-state index contributed by atoms with van der Waals surface area (Å²) in [6.45, 7) is 5.93. The number of benzene rings is 1. The van der Waals surface area contributed by atoms with Crippen LogP contribution in [-0.4, -0.2) is 32.4 Å². The quantitative estimate of drug-likeness (QED) is 0.666. The summed E-state index contributed by atoms with van der Waals surface area (Å²) < 4.78 is 18.1. The lowest BCUT2D eigenvalue weighted by atomic mass is 9.46. The van der Waals surface area contributed by atoms with Crippen molar-refractivity contribution in [2.24, 2.45) is 28.1 Å². The van der Waals surface area contributed by atoms with Gasteiger partial charge in [0, 0.05) is 11.3 Å². The van der Waals surface area contributed by atoms with Crippen LogP contribution in [-0.2, 0) is 20.7 Å². The van der Waals surface area contributed by atoms with Gasteiger partial charge in [-0.3, -0.25) is 0 Å². The minimum atomic E-state index is -0.627. The number of fused-ring (bicyclic) bond motifs is 3. The first-order valence-electron chi connectivity index (χ1n) is 11.8. The number of aldehydes is 1. The fourth-order valence-corrected chi connectivity index (χ4v) is 9.60. The third kappa shape index (κ3) is 1.95. The number of ether oxygens (including phenoxy) is 3. The van der Waals surface area contributed by atoms with Crippen LogP contribution in [0.25, 0.3) is 0 Å². The second-order valence-electron chi connectivity index (χ2n) is 10.9. The molecule has 4 heteroatoms. The summed E-state index contributed by atoms with van der Waals surface area (Å²) >= 11 is 0. The molecule has 1 aromatic rings. The number of hydrogen-bond acceptors (Lipinski definition) is 4. The fourth-order valence-electron chi connectivity index (χ4n) is 9.60. The lowest BCUT2D eigenvalue weighted by Gasteiger charge is -2.59. The molecule has 1 unspecified atom stereocenters. The number of methoxy groups -OCH3 is 1. The molecule has 6 atom stereocenters. The second kappa shape index (κ2) is 6.10. The number of carbonyl (C=O) groups excluding carboxylic acids is 1. The molecule has 0 N–H and O–H groups in total. The van der Waals surface area contributed by atoms with Crippen LogP contribution < -0.4 is 4.74 Å². The Labute approximate surface area is 179 Å². The van der Waals surface area contributed by atoms with Crippen molar-refractivity contribution in [2.75, 3.05) is 20.3 Å². The van der Waals surface area contributed by atoms with Crippen molar-refractivity contribution in [3.63, 3.8) is 0 Å². The summed E-state index contributed by atoms with van der Waals surface area (Å²) in [5, 5.41) is 0. The SMILES string of the molecule is COc1ccc2c(c1)CC[C@@H]1[C@@H]2CC[C@@]2(C)C13CC[C@]2(C1(C)OCCO1)[C@H](C=O)C3. The van der Waals surface area contributed by atoms with E-state index in [2.05, 4.69) is 32.0 Å². The Morgan fingerprint density at radius 2 is 1.90 bits per heavy atom. The van der Waals surface area contributed by atoms with Crippen LogP contribution in [0.5, 0.6) is 5.75 Å². The molecule has 4 aliphatic carbocycles. The van der Waals surface area contributed by atoms with E-state index in [0.29, 0.717) is 25.0 Å². The predicted molar refractivity (Wildman–Crippen MR) is 113 cm³/mol. The Bertz CT molecular complexity index is 889. The average molecular weight is 411 g/mol. The number of carbonyl (C=O) groups is 1. The first kappa shape index (κ1) is 19.3. The van der Waals surface area contributed by atoms with Gasteiger partial charge >= 0.3 is 0 Å². The smallest absolute Gasteiger partial charge is 0.172 e. The summed E-state index contributed by atoms with van der Waals surface area (Å²) in [5.74, 6) is 1.63. The lowest BCUT2D eigenvalue weighted by Crippen LogP contribution is -2.58. The van der Waals surface area contributed by atoms with Gasteiger partial charge in [-0.1, -0.05) is 13.0 Å². The Morgan fingerprint density at radius 3 is 2.63 bits per heavy atom. The summed E-state index contributed by atoms with van der Waals surface area (Å²) in [5.41, 5.74) is 3.13. The predicted octanol–water partition coefficient (Wildman–Crippen LogP) is 4.89. The van der Waals surface area contributed by atoms with Crippen LogP contribution in [0.4, 0.5) is 0 Å². The molecule has 4 fully saturated rings. The van der Waals surface area contributed by atoms with E-state index in [9.17, 15) is 4.79 Å². The summed E-state index contributed by atoms with van der Waals surface area (Å²) in [6.07, 6.45) is 9.25. The van der Waals surface area contributed by atoms with Gasteiger partial charge in [0.1, 0.15) is 12.0 Å². The molecule has 1 aromatic carbocycles. The van der Waals surface area contributed by atoms with Crippen molar-refractivity contribution in [3.05, 3.63) is 29.3 Å². The largest absolute Gasteiger partial charge is 0.497 e. The highest BCUT2D eigenvalue weighted by atomic mass is 16.7. The van der Waals surface area contributed by atoms with E-state index >= 15 is 0 Å². The van der Waals surface area contributed by atoms with Crippen molar-refractivity contribution in [1.29, 1.82) is 0 Å². The molecule has 0 aromatic heterocycles. The monoisotopic (exact) mass is 410 g/mol. The van der Waals surface area contributed by atoms with Crippen LogP contribution in [0.15, 0.2) is 18.2 Å². The molecule has 162 valence electrons. The van der Waals surface area contributed by atoms with E-state index in [1.165, 1.54) is 36.7 Å². The molecule has 4 nitrogen and oxygen atoms in total. The molecule has 0 radical (unpaired) electrons. The van der Waals surface area contributed by atoms with Crippen molar-refractivity contribution >= 4 is 6.29 Å². The Kier molecular flexibility index (Phi) is 3.93. The molecule has 30 heavy (non-hydrogen) atoms. The van der Waals surface area contributed by atoms with Crippen molar-refractivity contribution in [2.45, 2.75) is 70.5 Å². The maximum absolute atomic E-state index is 12.5. The third-order valence-electron chi connectivity index (χ3n) is 10.7. The van der Waals surface area contributed by atoms with Gasteiger partial charge in [-0.2, -0.15) is 0 Å². The molecule has 1 saturated heterocycles. The van der Waals surface area contributed by atoms with E-state index in [4.69, 9.17) is 14.2 Å². The number of rotatable bonds is 3. The summed E-state index contributed by atoms with van der Waals surface area (Å²) in [6, 6.07) is 6.71. The van der Waals surface area contributed by atoms with E-state index in [0.717, 1.165) is 31.4 Å².